The second-order valence-electron chi connectivity index (χ2n) is 5.81. The fraction of sp³-hybridized carbons (Fsp3) is 0.533. The molecule has 2 fully saturated rings. The number of rotatable bonds is 3. The van der Waals surface area contributed by atoms with Crippen LogP contribution in [0.15, 0.2) is 18.2 Å². The lowest BCUT2D eigenvalue weighted by Crippen LogP contribution is -2.19. The molecule has 102 valence electrons. The van der Waals surface area contributed by atoms with Gasteiger partial charge >= 0.3 is 5.97 Å². The van der Waals surface area contributed by atoms with Crippen LogP contribution in [0.4, 0.5) is 5.69 Å². The maximum absolute atomic E-state index is 12.0. The van der Waals surface area contributed by atoms with Gasteiger partial charge in [-0.2, -0.15) is 0 Å². The molecular weight excluding hydrogens is 262 g/mol. The molecule has 3 rings (SSSR count). The first-order chi connectivity index (χ1) is 9.11. The van der Waals surface area contributed by atoms with Crippen LogP contribution in [0.2, 0.25) is 5.02 Å². The Balaban J connectivity index is 1.59. The van der Waals surface area contributed by atoms with Crippen molar-refractivity contribution in [3.63, 3.8) is 0 Å². The third-order valence-electron chi connectivity index (χ3n) is 4.47. The molecule has 0 aliphatic heterocycles. The molecule has 2 saturated carbocycles. The van der Waals surface area contributed by atoms with Gasteiger partial charge in [0.1, 0.15) is 0 Å². The van der Waals surface area contributed by atoms with Crippen molar-refractivity contribution in [1.29, 1.82) is 0 Å². The second kappa shape index (κ2) is 5.04. The second-order valence-corrected chi connectivity index (χ2v) is 6.24. The van der Waals surface area contributed by atoms with E-state index < -0.39 is 0 Å². The monoisotopic (exact) mass is 279 g/mol. The van der Waals surface area contributed by atoms with Gasteiger partial charge in [0.25, 0.3) is 0 Å². The van der Waals surface area contributed by atoms with E-state index in [9.17, 15) is 4.79 Å². The first-order valence-corrected chi connectivity index (χ1v) is 7.23. The Kier molecular flexibility index (Phi) is 3.40. The summed E-state index contributed by atoms with van der Waals surface area (Å²) in [5.74, 6) is 1.87. The molecule has 2 bridgehead atoms. The SMILES string of the molecule is Nc1cc(Cl)cc(C(=O)OCC2CC3CCC2C3)c1. The standard InChI is InChI=1S/C15H18ClNO2/c16-13-5-11(6-14(17)7-13)15(18)19-8-12-4-9-1-2-10(12)3-9/h5-7,9-10,12H,1-4,8,17H2. The number of carbonyl (C=O) groups is 1. The minimum atomic E-state index is -0.322. The van der Waals surface area contributed by atoms with Crippen LogP contribution in [0, 0.1) is 17.8 Å². The van der Waals surface area contributed by atoms with E-state index in [4.69, 9.17) is 22.1 Å². The van der Waals surface area contributed by atoms with Gasteiger partial charge in [-0.3, -0.25) is 0 Å². The van der Waals surface area contributed by atoms with E-state index in [-0.39, 0.29) is 5.97 Å². The number of ether oxygens (including phenoxy) is 1. The van der Waals surface area contributed by atoms with Gasteiger partial charge in [-0.25, -0.2) is 4.79 Å². The molecule has 19 heavy (non-hydrogen) atoms. The highest BCUT2D eigenvalue weighted by molar-refractivity contribution is 6.31. The molecule has 1 aromatic rings. The zero-order chi connectivity index (χ0) is 13.4. The van der Waals surface area contributed by atoms with Crippen LogP contribution in [-0.2, 0) is 4.74 Å². The van der Waals surface area contributed by atoms with Crippen molar-refractivity contribution in [3.8, 4) is 0 Å². The molecule has 2 aliphatic carbocycles. The topological polar surface area (TPSA) is 52.3 Å². The highest BCUT2D eigenvalue weighted by atomic mass is 35.5. The fourth-order valence-electron chi connectivity index (χ4n) is 3.58. The van der Waals surface area contributed by atoms with E-state index in [2.05, 4.69) is 0 Å². The van der Waals surface area contributed by atoms with Crippen molar-refractivity contribution in [3.05, 3.63) is 28.8 Å². The van der Waals surface area contributed by atoms with Crippen LogP contribution in [0.25, 0.3) is 0 Å². The molecule has 0 aromatic heterocycles. The predicted molar refractivity (Wildman–Crippen MR) is 75.1 cm³/mol. The molecule has 0 saturated heterocycles. The van der Waals surface area contributed by atoms with E-state index in [1.54, 1.807) is 18.2 Å². The highest BCUT2D eigenvalue weighted by Crippen LogP contribution is 2.48. The zero-order valence-corrected chi connectivity index (χ0v) is 11.5. The summed E-state index contributed by atoms with van der Waals surface area (Å²) < 4.78 is 5.42. The molecule has 2 N–H and O–H groups in total. The Morgan fingerprint density at radius 1 is 1.32 bits per heavy atom. The highest BCUT2D eigenvalue weighted by Gasteiger charge is 2.39. The quantitative estimate of drug-likeness (QED) is 0.680. The molecule has 0 heterocycles. The van der Waals surface area contributed by atoms with E-state index in [0.717, 1.165) is 11.8 Å². The Bertz CT molecular complexity index is 483. The number of hydrogen-bond donors (Lipinski definition) is 1. The summed E-state index contributed by atoms with van der Waals surface area (Å²) in [4.78, 5) is 12.0. The van der Waals surface area contributed by atoms with Crippen molar-refractivity contribution >= 4 is 23.3 Å². The van der Waals surface area contributed by atoms with Gasteiger partial charge in [0, 0.05) is 10.7 Å². The number of halogens is 1. The average molecular weight is 280 g/mol. The van der Waals surface area contributed by atoms with Crippen LogP contribution in [0.3, 0.4) is 0 Å². The molecule has 3 nitrogen and oxygen atoms in total. The van der Waals surface area contributed by atoms with E-state index >= 15 is 0 Å². The van der Waals surface area contributed by atoms with E-state index in [1.165, 1.54) is 25.7 Å². The largest absolute Gasteiger partial charge is 0.462 e. The number of nitrogen functional groups attached to an aromatic ring is 1. The summed E-state index contributed by atoms with van der Waals surface area (Å²) in [6.45, 7) is 0.534. The lowest BCUT2D eigenvalue weighted by molar-refractivity contribution is 0.0394. The Morgan fingerprint density at radius 3 is 2.79 bits per heavy atom. The van der Waals surface area contributed by atoms with Crippen molar-refractivity contribution in [2.75, 3.05) is 12.3 Å². The lowest BCUT2D eigenvalue weighted by Gasteiger charge is -2.21. The summed E-state index contributed by atoms with van der Waals surface area (Å²) in [6, 6.07) is 4.82. The smallest absolute Gasteiger partial charge is 0.338 e. The van der Waals surface area contributed by atoms with Gasteiger partial charge in [0.05, 0.1) is 12.2 Å². The van der Waals surface area contributed by atoms with Gasteiger partial charge in [0.2, 0.25) is 0 Å². The van der Waals surface area contributed by atoms with Crippen LogP contribution >= 0.6 is 11.6 Å². The van der Waals surface area contributed by atoms with E-state index in [1.807, 2.05) is 0 Å². The molecule has 3 unspecified atom stereocenters. The maximum Gasteiger partial charge on any atom is 0.338 e. The van der Waals surface area contributed by atoms with Crippen molar-refractivity contribution in [1.82, 2.24) is 0 Å². The number of esters is 1. The van der Waals surface area contributed by atoms with Gasteiger partial charge in [-0.05, 0) is 55.2 Å². The van der Waals surface area contributed by atoms with Crippen molar-refractivity contribution in [2.45, 2.75) is 25.7 Å². The van der Waals surface area contributed by atoms with Gasteiger partial charge in [0.15, 0.2) is 0 Å². The number of nitrogens with two attached hydrogens (primary N) is 1. The summed E-state index contributed by atoms with van der Waals surface area (Å²) in [6.07, 6.45) is 5.21. The normalized spacial score (nSPS) is 28.6. The summed E-state index contributed by atoms with van der Waals surface area (Å²) in [7, 11) is 0. The molecule has 3 atom stereocenters. The fourth-order valence-corrected chi connectivity index (χ4v) is 3.82. The van der Waals surface area contributed by atoms with Gasteiger partial charge in [-0.15, -0.1) is 0 Å². The van der Waals surface area contributed by atoms with Crippen LogP contribution in [-0.4, -0.2) is 12.6 Å². The minimum Gasteiger partial charge on any atom is -0.462 e. The summed E-state index contributed by atoms with van der Waals surface area (Å²) in [5, 5.41) is 0.465. The van der Waals surface area contributed by atoms with Crippen molar-refractivity contribution < 1.29 is 9.53 Å². The molecular formula is C15H18ClNO2. The molecule has 0 radical (unpaired) electrons. The Hall–Kier alpha value is -1.22. The number of fused-ring (bicyclic) bond motifs is 2. The average Bonchev–Trinajstić information content (AvgIpc) is 2.96. The third kappa shape index (κ3) is 2.71. The first-order valence-electron chi connectivity index (χ1n) is 6.85. The van der Waals surface area contributed by atoms with Crippen LogP contribution in [0.1, 0.15) is 36.0 Å². The third-order valence-corrected chi connectivity index (χ3v) is 4.69. The van der Waals surface area contributed by atoms with Crippen molar-refractivity contribution in [2.24, 2.45) is 17.8 Å². The Labute approximate surface area is 118 Å². The Morgan fingerprint density at radius 2 is 2.16 bits per heavy atom. The molecule has 1 aromatic carbocycles. The molecule has 0 amide bonds. The number of hydrogen-bond acceptors (Lipinski definition) is 3. The summed E-state index contributed by atoms with van der Waals surface area (Å²) >= 11 is 5.89. The lowest BCUT2D eigenvalue weighted by atomic mass is 9.89. The molecule has 4 heteroatoms. The first kappa shape index (κ1) is 12.8. The van der Waals surface area contributed by atoms with Gasteiger partial charge in [-0.1, -0.05) is 18.0 Å². The number of benzene rings is 1. The zero-order valence-electron chi connectivity index (χ0n) is 10.8. The number of anilines is 1. The molecule has 0 spiro atoms. The maximum atomic E-state index is 12.0. The summed E-state index contributed by atoms with van der Waals surface area (Å²) in [5.41, 5.74) is 6.60. The number of carbonyl (C=O) groups excluding carboxylic acids is 1. The van der Waals surface area contributed by atoms with E-state index in [0.29, 0.717) is 28.8 Å². The predicted octanol–water partition coefficient (Wildman–Crippen LogP) is 3.52. The minimum absolute atomic E-state index is 0.322. The molecule has 2 aliphatic rings. The van der Waals surface area contributed by atoms with Crippen LogP contribution < -0.4 is 5.73 Å². The van der Waals surface area contributed by atoms with Gasteiger partial charge < -0.3 is 10.5 Å². The van der Waals surface area contributed by atoms with Crippen LogP contribution in [0.5, 0.6) is 0 Å².